The van der Waals surface area contributed by atoms with E-state index in [2.05, 4.69) is 112 Å². The molecule has 0 atom stereocenters. The van der Waals surface area contributed by atoms with E-state index >= 15 is 0 Å². The predicted octanol–water partition coefficient (Wildman–Crippen LogP) is 5.33. The van der Waals surface area contributed by atoms with Crippen molar-refractivity contribution in [3.63, 3.8) is 0 Å². The highest BCUT2D eigenvalue weighted by Crippen LogP contribution is 2.30. The van der Waals surface area contributed by atoms with Crippen molar-refractivity contribution in [2.75, 3.05) is 63.6 Å². The summed E-state index contributed by atoms with van der Waals surface area (Å²) in [5, 5.41) is 4.75. The Balaban J connectivity index is 1.28. The van der Waals surface area contributed by atoms with Crippen molar-refractivity contribution in [3.8, 4) is 11.1 Å². The molecule has 5 nitrogen and oxygen atoms in total. The fraction of sp³-hybridized carbons (Fsp3) is 0.276. The van der Waals surface area contributed by atoms with Crippen LogP contribution in [0, 0.1) is 0 Å². The molecule has 0 bridgehead atoms. The van der Waals surface area contributed by atoms with Crippen LogP contribution < -0.4 is 10.2 Å². The third-order valence-electron chi connectivity index (χ3n) is 6.60. The van der Waals surface area contributed by atoms with E-state index in [-0.39, 0.29) is 0 Å². The van der Waals surface area contributed by atoms with E-state index in [4.69, 9.17) is 0 Å². The lowest BCUT2D eigenvalue weighted by Gasteiger charge is -2.36. The lowest BCUT2D eigenvalue weighted by atomic mass is 10.0. The molecule has 0 saturated carbocycles. The van der Waals surface area contributed by atoms with Gasteiger partial charge in [-0.3, -0.25) is 9.88 Å². The molecule has 4 aromatic rings. The zero-order chi connectivity index (χ0) is 23.3. The van der Waals surface area contributed by atoms with Crippen LogP contribution in [0.25, 0.3) is 22.0 Å². The molecule has 1 aromatic heterocycles. The quantitative estimate of drug-likeness (QED) is 0.411. The molecule has 1 saturated heterocycles. The van der Waals surface area contributed by atoms with Crippen molar-refractivity contribution in [2.45, 2.75) is 0 Å². The van der Waals surface area contributed by atoms with Gasteiger partial charge >= 0.3 is 0 Å². The van der Waals surface area contributed by atoms with Crippen molar-refractivity contribution in [2.24, 2.45) is 0 Å². The highest BCUT2D eigenvalue weighted by molar-refractivity contribution is 5.95. The smallest absolute Gasteiger partial charge is 0.0723 e. The second kappa shape index (κ2) is 10.2. The molecule has 1 aliphatic heterocycles. The van der Waals surface area contributed by atoms with Crippen LogP contribution in [-0.4, -0.2) is 68.1 Å². The first-order chi connectivity index (χ1) is 16.7. The number of aromatic nitrogens is 1. The van der Waals surface area contributed by atoms with Crippen LogP contribution in [0.4, 0.5) is 17.1 Å². The molecule has 5 rings (SSSR count). The van der Waals surface area contributed by atoms with Crippen LogP contribution in [-0.2, 0) is 0 Å². The number of likely N-dealkylation sites (N-methyl/N-ethyl adjacent to an activating group) is 1. The summed E-state index contributed by atoms with van der Waals surface area (Å²) in [5.41, 5.74) is 6.86. The molecular weight excluding hydrogens is 418 g/mol. The maximum atomic E-state index is 4.57. The van der Waals surface area contributed by atoms with E-state index in [0.717, 1.165) is 61.5 Å². The van der Waals surface area contributed by atoms with Crippen molar-refractivity contribution >= 4 is 28.0 Å². The summed E-state index contributed by atoms with van der Waals surface area (Å²) in [6.45, 7) is 6.68. The number of piperazine rings is 1. The van der Waals surface area contributed by atoms with E-state index in [1.807, 2.05) is 12.3 Å². The Kier molecular flexibility index (Phi) is 6.74. The highest BCUT2D eigenvalue weighted by Gasteiger charge is 2.17. The standard InChI is InChI=1S/C29H33N5/c1-32(2)16-17-33-18-20-34(21-19-33)26-11-9-25(10-12-26)31-29-14-15-30-28-13-8-24(22-27(28)29)23-6-4-3-5-7-23/h3-15,22H,16-21H2,1-2H3,(H,30,31). The minimum Gasteiger partial charge on any atom is -0.369 e. The summed E-state index contributed by atoms with van der Waals surface area (Å²) in [6.07, 6.45) is 1.87. The average Bonchev–Trinajstić information content (AvgIpc) is 2.89. The van der Waals surface area contributed by atoms with E-state index in [9.17, 15) is 0 Å². The number of hydrogen-bond donors (Lipinski definition) is 1. The largest absolute Gasteiger partial charge is 0.369 e. The molecule has 0 amide bonds. The molecule has 2 heterocycles. The van der Waals surface area contributed by atoms with Crippen LogP contribution in [0.15, 0.2) is 85.1 Å². The third-order valence-corrected chi connectivity index (χ3v) is 6.60. The van der Waals surface area contributed by atoms with Crippen LogP contribution in [0.3, 0.4) is 0 Å². The van der Waals surface area contributed by atoms with Crippen molar-refractivity contribution in [3.05, 3.63) is 85.1 Å². The van der Waals surface area contributed by atoms with Gasteiger partial charge in [0.1, 0.15) is 0 Å². The molecule has 0 radical (unpaired) electrons. The monoisotopic (exact) mass is 451 g/mol. The Hall–Kier alpha value is -3.41. The van der Waals surface area contributed by atoms with Gasteiger partial charge in [0, 0.05) is 67.9 Å². The number of fused-ring (bicyclic) bond motifs is 1. The Bertz CT molecular complexity index is 1210. The number of hydrogen-bond acceptors (Lipinski definition) is 5. The summed E-state index contributed by atoms with van der Waals surface area (Å²) in [4.78, 5) is 11.9. The number of rotatable bonds is 7. The number of benzene rings is 3. The maximum absolute atomic E-state index is 4.57. The first-order valence-electron chi connectivity index (χ1n) is 12.1. The molecule has 1 fully saturated rings. The van der Waals surface area contributed by atoms with Gasteiger partial charge in [-0.1, -0.05) is 36.4 Å². The summed E-state index contributed by atoms with van der Waals surface area (Å²) < 4.78 is 0. The molecule has 0 spiro atoms. The number of nitrogens with one attached hydrogen (secondary N) is 1. The second-order valence-electron chi connectivity index (χ2n) is 9.26. The van der Waals surface area contributed by atoms with Gasteiger partial charge in [0.05, 0.1) is 5.52 Å². The molecule has 0 aliphatic carbocycles. The topological polar surface area (TPSA) is 34.6 Å². The van der Waals surface area contributed by atoms with Gasteiger partial charge in [0.15, 0.2) is 0 Å². The second-order valence-corrected chi connectivity index (χ2v) is 9.26. The van der Waals surface area contributed by atoms with Gasteiger partial charge in [-0.25, -0.2) is 0 Å². The fourth-order valence-electron chi connectivity index (χ4n) is 4.55. The van der Waals surface area contributed by atoms with Gasteiger partial charge in [-0.2, -0.15) is 0 Å². The molecular formula is C29H33N5. The van der Waals surface area contributed by atoms with Crippen LogP contribution in [0.1, 0.15) is 0 Å². The van der Waals surface area contributed by atoms with E-state index < -0.39 is 0 Å². The van der Waals surface area contributed by atoms with Gasteiger partial charge in [0.2, 0.25) is 0 Å². The van der Waals surface area contributed by atoms with Crippen molar-refractivity contribution in [1.29, 1.82) is 0 Å². The fourth-order valence-corrected chi connectivity index (χ4v) is 4.55. The van der Waals surface area contributed by atoms with Gasteiger partial charge in [-0.05, 0) is 67.7 Å². The molecule has 0 unspecified atom stereocenters. The minimum atomic E-state index is 0.994. The Morgan fingerprint density at radius 1 is 0.824 bits per heavy atom. The number of nitrogens with zero attached hydrogens (tertiary/aromatic N) is 4. The van der Waals surface area contributed by atoms with E-state index in [1.165, 1.54) is 16.8 Å². The van der Waals surface area contributed by atoms with E-state index in [1.54, 1.807) is 0 Å². The molecule has 1 aliphatic rings. The predicted molar refractivity (Wildman–Crippen MR) is 144 cm³/mol. The Morgan fingerprint density at radius 2 is 1.59 bits per heavy atom. The van der Waals surface area contributed by atoms with Crippen molar-refractivity contribution < 1.29 is 0 Å². The van der Waals surface area contributed by atoms with Gasteiger partial charge in [0.25, 0.3) is 0 Å². The van der Waals surface area contributed by atoms with E-state index in [0.29, 0.717) is 0 Å². The summed E-state index contributed by atoms with van der Waals surface area (Å²) in [7, 11) is 4.28. The normalized spacial score (nSPS) is 14.6. The first-order valence-corrected chi connectivity index (χ1v) is 12.1. The zero-order valence-corrected chi connectivity index (χ0v) is 20.1. The maximum Gasteiger partial charge on any atom is 0.0723 e. The average molecular weight is 452 g/mol. The number of anilines is 3. The van der Waals surface area contributed by atoms with Crippen LogP contribution in [0.5, 0.6) is 0 Å². The Labute approximate surface area is 202 Å². The van der Waals surface area contributed by atoms with Crippen LogP contribution >= 0.6 is 0 Å². The number of pyridine rings is 1. The van der Waals surface area contributed by atoms with Crippen LogP contribution in [0.2, 0.25) is 0 Å². The highest BCUT2D eigenvalue weighted by atomic mass is 15.3. The molecule has 3 aromatic carbocycles. The molecule has 34 heavy (non-hydrogen) atoms. The zero-order valence-electron chi connectivity index (χ0n) is 20.1. The molecule has 1 N–H and O–H groups in total. The summed E-state index contributed by atoms with van der Waals surface area (Å²) in [6, 6.07) is 27.8. The lowest BCUT2D eigenvalue weighted by molar-refractivity contribution is 0.229. The van der Waals surface area contributed by atoms with Gasteiger partial charge in [-0.15, -0.1) is 0 Å². The first kappa shape index (κ1) is 22.4. The van der Waals surface area contributed by atoms with Gasteiger partial charge < -0.3 is 15.1 Å². The Morgan fingerprint density at radius 3 is 2.32 bits per heavy atom. The summed E-state index contributed by atoms with van der Waals surface area (Å²) in [5.74, 6) is 0. The third kappa shape index (κ3) is 5.22. The molecule has 174 valence electrons. The SMILES string of the molecule is CN(C)CCN1CCN(c2ccc(Nc3ccnc4ccc(-c5ccccc5)cc34)cc2)CC1. The summed E-state index contributed by atoms with van der Waals surface area (Å²) >= 11 is 0. The minimum absolute atomic E-state index is 0.994. The lowest BCUT2D eigenvalue weighted by Crippen LogP contribution is -2.48. The van der Waals surface area contributed by atoms with Crippen molar-refractivity contribution in [1.82, 2.24) is 14.8 Å². The molecule has 5 heteroatoms.